The van der Waals surface area contributed by atoms with Gasteiger partial charge in [-0.05, 0) is 25.8 Å². The second-order valence-corrected chi connectivity index (χ2v) is 7.51. The van der Waals surface area contributed by atoms with Gasteiger partial charge >= 0.3 is 0 Å². The first-order valence-electron chi connectivity index (χ1n) is 9.74. The Bertz CT molecular complexity index is 848. The molecule has 0 aromatic carbocycles. The summed E-state index contributed by atoms with van der Waals surface area (Å²) in [6.07, 6.45) is 2.58. The third kappa shape index (κ3) is 3.50. The van der Waals surface area contributed by atoms with Crippen molar-refractivity contribution in [1.82, 2.24) is 24.4 Å². The number of nitrogens with one attached hydrogen (secondary N) is 1. The topological polar surface area (TPSA) is 81.7 Å². The zero-order chi connectivity index (χ0) is 18.8. The Morgan fingerprint density at radius 3 is 2.81 bits per heavy atom. The summed E-state index contributed by atoms with van der Waals surface area (Å²) in [5.41, 5.74) is 3.87. The first-order valence-corrected chi connectivity index (χ1v) is 9.74. The van der Waals surface area contributed by atoms with Gasteiger partial charge in [0.15, 0.2) is 5.65 Å². The van der Waals surface area contributed by atoms with Crippen LogP contribution in [-0.4, -0.2) is 76.4 Å². The van der Waals surface area contributed by atoms with Crippen molar-refractivity contribution in [3.63, 3.8) is 0 Å². The highest BCUT2D eigenvalue weighted by molar-refractivity contribution is 5.68. The average molecular weight is 369 g/mol. The molecule has 2 aliphatic rings. The lowest BCUT2D eigenvalue weighted by molar-refractivity contribution is 0.0398. The van der Waals surface area contributed by atoms with E-state index in [0.29, 0.717) is 6.04 Å². The van der Waals surface area contributed by atoms with Crippen molar-refractivity contribution in [2.75, 3.05) is 51.3 Å². The fourth-order valence-electron chi connectivity index (χ4n) is 4.03. The van der Waals surface area contributed by atoms with Gasteiger partial charge in [0, 0.05) is 50.9 Å². The fraction of sp³-hybridized carbons (Fsp3) is 0.632. The Kier molecular flexibility index (Phi) is 5.25. The molecule has 2 aromatic heterocycles. The summed E-state index contributed by atoms with van der Waals surface area (Å²) in [4.78, 5) is 4.80. The van der Waals surface area contributed by atoms with Crippen LogP contribution in [0.25, 0.3) is 5.65 Å². The van der Waals surface area contributed by atoms with Crippen LogP contribution in [0.3, 0.4) is 0 Å². The molecule has 0 saturated carbocycles. The van der Waals surface area contributed by atoms with Gasteiger partial charge in [-0.15, -0.1) is 10.2 Å². The molecule has 8 heteroatoms. The molecule has 0 amide bonds. The van der Waals surface area contributed by atoms with Crippen molar-refractivity contribution in [3.05, 3.63) is 23.0 Å². The summed E-state index contributed by atoms with van der Waals surface area (Å²) >= 11 is 0. The molecular weight excluding hydrogens is 342 g/mol. The van der Waals surface area contributed by atoms with Crippen LogP contribution in [-0.2, 0) is 17.7 Å². The molecule has 4 rings (SSSR count). The highest BCUT2D eigenvalue weighted by Gasteiger charge is 2.27. The number of aromatic nitrogens is 3. The molecule has 0 bridgehead atoms. The summed E-state index contributed by atoms with van der Waals surface area (Å²) in [5.74, 6) is 0.822. The Hall–Kier alpha value is -2.21. The molecule has 1 fully saturated rings. The van der Waals surface area contributed by atoms with Crippen molar-refractivity contribution in [2.24, 2.45) is 0 Å². The zero-order valence-corrected chi connectivity index (χ0v) is 16.1. The molecule has 4 heterocycles. The zero-order valence-electron chi connectivity index (χ0n) is 16.1. The Labute approximate surface area is 159 Å². The van der Waals surface area contributed by atoms with Crippen LogP contribution in [0.4, 0.5) is 5.82 Å². The van der Waals surface area contributed by atoms with E-state index >= 15 is 0 Å². The van der Waals surface area contributed by atoms with Crippen molar-refractivity contribution < 1.29 is 4.74 Å². The van der Waals surface area contributed by atoms with E-state index in [2.05, 4.69) is 45.2 Å². The number of fused-ring (bicyclic) bond motifs is 3. The largest absolute Gasteiger partial charge is 0.379 e. The lowest BCUT2D eigenvalue weighted by Gasteiger charge is -2.33. The third-order valence-electron chi connectivity index (χ3n) is 5.64. The highest BCUT2D eigenvalue weighted by atomic mass is 16.5. The molecule has 0 radical (unpaired) electrons. The molecule has 0 atom stereocenters. The first kappa shape index (κ1) is 18.2. The van der Waals surface area contributed by atoms with E-state index in [-0.39, 0.29) is 0 Å². The fourth-order valence-corrected chi connectivity index (χ4v) is 4.03. The number of ether oxygens (including phenoxy) is 1. The first-order chi connectivity index (χ1) is 13.2. The van der Waals surface area contributed by atoms with Crippen LogP contribution < -0.4 is 5.32 Å². The molecule has 0 spiro atoms. The van der Waals surface area contributed by atoms with Crippen LogP contribution >= 0.6 is 0 Å². The number of hydrogen-bond donors (Lipinski definition) is 1. The van der Waals surface area contributed by atoms with Gasteiger partial charge in [-0.3, -0.25) is 14.2 Å². The van der Waals surface area contributed by atoms with Crippen molar-refractivity contribution >= 4 is 11.5 Å². The lowest BCUT2D eigenvalue weighted by Crippen LogP contribution is -2.39. The summed E-state index contributed by atoms with van der Waals surface area (Å²) < 4.78 is 7.35. The van der Waals surface area contributed by atoms with Gasteiger partial charge in [-0.2, -0.15) is 5.26 Å². The molecular formula is C19H27N7O. The van der Waals surface area contributed by atoms with Gasteiger partial charge in [0.1, 0.15) is 18.2 Å². The molecule has 144 valence electrons. The number of morpholine rings is 1. The number of nitrogens with zero attached hydrogens (tertiary/aromatic N) is 6. The lowest BCUT2D eigenvalue weighted by atomic mass is 9.95. The van der Waals surface area contributed by atoms with E-state index in [1.807, 2.05) is 4.40 Å². The number of hydrogen-bond acceptors (Lipinski definition) is 7. The van der Waals surface area contributed by atoms with E-state index in [1.165, 1.54) is 0 Å². The Morgan fingerprint density at radius 2 is 2.07 bits per heavy atom. The van der Waals surface area contributed by atoms with E-state index in [4.69, 9.17) is 4.74 Å². The molecule has 0 unspecified atom stereocenters. The molecule has 1 N–H and O–H groups in total. The maximum absolute atomic E-state index is 9.91. The summed E-state index contributed by atoms with van der Waals surface area (Å²) in [7, 11) is 0. The van der Waals surface area contributed by atoms with Crippen LogP contribution in [0.2, 0.25) is 0 Å². The predicted octanol–water partition coefficient (Wildman–Crippen LogP) is 1.11. The average Bonchev–Trinajstić information content (AvgIpc) is 3.18. The van der Waals surface area contributed by atoms with E-state index in [1.54, 1.807) is 6.33 Å². The van der Waals surface area contributed by atoms with Gasteiger partial charge in [0.2, 0.25) is 0 Å². The Morgan fingerprint density at radius 1 is 1.26 bits per heavy atom. The van der Waals surface area contributed by atoms with Crippen LogP contribution in [0.15, 0.2) is 6.33 Å². The molecule has 2 aromatic rings. The summed E-state index contributed by atoms with van der Waals surface area (Å²) in [5, 5.41) is 21.9. The number of anilines is 1. The third-order valence-corrected chi connectivity index (χ3v) is 5.64. The number of nitriles is 1. The van der Waals surface area contributed by atoms with Gasteiger partial charge in [0.05, 0.1) is 18.8 Å². The number of pyridine rings is 1. The molecule has 8 nitrogen and oxygen atoms in total. The van der Waals surface area contributed by atoms with E-state index in [9.17, 15) is 5.26 Å². The van der Waals surface area contributed by atoms with Gasteiger partial charge in [-0.25, -0.2) is 0 Å². The quantitative estimate of drug-likeness (QED) is 0.845. The monoisotopic (exact) mass is 369 g/mol. The van der Waals surface area contributed by atoms with Crippen molar-refractivity contribution in [1.29, 1.82) is 5.26 Å². The minimum Gasteiger partial charge on any atom is -0.379 e. The van der Waals surface area contributed by atoms with Gasteiger partial charge in [0.25, 0.3) is 0 Å². The second kappa shape index (κ2) is 7.80. The van der Waals surface area contributed by atoms with Gasteiger partial charge in [-0.1, -0.05) is 0 Å². The van der Waals surface area contributed by atoms with E-state index in [0.717, 1.165) is 87.1 Å². The van der Waals surface area contributed by atoms with Gasteiger partial charge < -0.3 is 10.1 Å². The predicted molar refractivity (Wildman–Crippen MR) is 103 cm³/mol. The van der Waals surface area contributed by atoms with Crippen LogP contribution in [0, 0.1) is 11.3 Å². The summed E-state index contributed by atoms with van der Waals surface area (Å²) in [6.45, 7) is 11.4. The minimum atomic E-state index is 0.470. The molecule has 1 saturated heterocycles. The molecule has 2 aliphatic heterocycles. The highest BCUT2D eigenvalue weighted by Crippen LogP contribution is 2.31. The number of rotatable bonds is 5. The maximum atomic E-state index is 9.91. The second-order valence-electron chi connectivity index (χ2n) is 7.51. The van der Waals surface area contributed by atoms with Crippen LogP contribution in [0.5, 0.6) is 0 Å². The smallest absolute Gasteiger partial charge is 0.167 e. The maximum Gasteiger partial charge on any atom is 0.167 e. The Balaban J connectivity index is 1.62. The van der Waals surface area contributed by atoms with Crippen molar-refractivity contribution in [2.45, 2.75) is 32.9 Å². The summed E-state index contributed by atoms with van der Waals surface area (Å²) in [6, 6.07) is 2.92. The van der Waals surface area contributed by atoms with Crippen molar-refractivity contribution in [3.8, 4) is 6.07 Å². The van der Waals surface area contributed by atoms with E-state index < -0.39 is 0 Å². The van der Waals surface area contributed by atoms with Crippen LogP contribution in [0.1, 0.15) is 30.5 Å². The minimum absolute atomic E-state index is 0.470. The standard InChI is InChI=1S/C19H27N7O/c1-14(2)25-5-3-15-16(11-20)18(21-4-6-24-7-9-27-10-8-24)26-13-22-23-19(26)17(15)12-25/h13-14,21H,3-10,12H2,1-2H3. The molecule has 0 aliphatic carbocycles. The molecule has 27 heavy (non-hydrogen) atoms. The SMILES string of the molecule is CC(C)N1CCc2c(C#N)c(NCCN3CCOCC3)n3cnnc3c2C1. The normalized spacial score (nSPS) is 18.6.